The Morgan fingerprint density at radius 3 is 2.48 bits per heavy atom. The Morgan fingerprint density at radius 1 is 1.10 bits per heavy atom. The lowest BCUT2D eigenvalue weighted by molar-refractivity contribution is -0.141. The number of benzene rings is 1. The van der Waals surface area contributed by atoms with Gasteiger partial charge in [0.15, 0.2) is 0 Å². The first-order valence-corrected chi connectivity index (χ1v) is 8.13. The van der Waals surface area contributed by atoms with Crippen molar-refractivity contribution in [2.45, 2.75) is 12.7 Å². The number of nitrogens with zero attached hydrogens (tertiary/aromatic N) is 2. The Labute approximate surface area is 170 Å². The molecule has 0 bridgehead atoms. The van der Waals surface area contributed by atoms with E-state index in [1.165, 1.54) is 24.4 Å². The summed E-state index contributed by atoms with van der Waals surface area (Å²) in [6.07, 6.45) is -3.32. The SMILES string of the molecule is Cl.NCc1cc(Oc2ccnc(C(=O)Nc3ccccc3)c2)nc(C(F)(F)F)c1. The van der Waals surface area contributed by atoms with Gasteiger partial charge in [-0.2, -0.15) is 13.2 Å². The molecular weight excluding hydrogens is 409 g/mol. The lowest BCUT2D eigenvalue weighted by Crippen LogP contribution is -2.13. The third-order valence-corrected chi connectivity index (χ3v) is 3.61. The van der Waals surface area contributed by atoms with E-state index in [1.807, 2.05) is 0 Å². The number of hydrogen-bond donors (Lipinski definition) is 2. The molecule has 3 rings (SSSR count). The topological polar surface area (TPSA) is 90.1 Å². The van der Waals surface area contributed by atoms with Crippen LogP contribution in [0.25, 0.3) is 0 Å². The number of nitrogens with one attached hydrogen (secondary N) is 1. The van der Waals surface area contributed by atoms with Gasteiger partial charge in [-0.3, -0.25) is 9.78 Å². The zero-order valence-corrected chi connectivity index (χ0v) is 15.6. The number of carbonyl (C=O) groups is 1. The van der Waals surface area contributed by atoms with Crippen LogP contribution in [0.2, 0.25) is 0 Å². The summed E-state index contributed by atoms with van der Waals surface area (Å²) in [4.78, 5) is 19.7. The highest BCUT2D eigenvalue weighted by Crippen LogP contribution is 2.31. The number of amides is 1. The van der Waals surface area contributed by atoms with E-state index in [4.69, 9.17) is 10.5 Å². The average molecular weight is 425 g/mol. The molecule has 152 valence electrons. The van der Waals surface area contributed by atoms with Gasteiger partial charge in [0.25, 0.3) is 5.91 Å². The molecule has 3 N–H and O–H groups in total. The Hall–Kier alpha value is -3.17. The maximum Gasteiger partial charge on any atom is 0.433 e. The fourth-order valence-electron chi connectivity index (χ4n) is 2.31. The number of pyridine rings is 2. The quantitative estimate of drug-likeness (QED) is 0.632. The lowest BCUT2D eigenvalue weighted by atomic mass is 10.2. The second-order valence-corrected chi connectivity index (χ2v) is 5.70. The van der Waals surface area contributed by atoms with Crippen LogP contribution >= 0.6 is 12.4 Å². The number of para-hydroxylation sites is 1. The Morgan fingerprint density at radius 2 is 1.83 bits per heavy atom. The van der Waals surface area contributed by atoms with Crippen LogP contribution in [0.5, 0.6) is 11.6 Å². The van der Waals surface area contributed by atoms with Gasteiger partial charge in [0.05, 0.1) is 0 Å². The summed E-state index contributed by atoms with van der Waals surface area (Å²) < 4.78 is 44.3. The summed E-state index contributed by atoms with van der Waals surface area (Å²) in [5.74, 6) is -0.657. The number of ether oxygens (including phenoxy) is 1. The fourth-order valence-corrected chi connectivity index (χ4v) is 2.31. The van der Waals surface area contributed by atoms with Crippen molar-refractivity contribution >= 4 is 24.0 Å². The third-order valence-electron chi connectivity index (χ3n) is 3.61. The highest BCUT2D eigenvalue weighted by atomic mass is 35.5. The Bertz CT molecular complexity index is 985. The van der Waals surface area contributed by atoms with Crippen LogP contribution in [0.3, 0.4) is 0 Å². The van der Waals surface area contributed by atoms with Gasteiger partial charge in [0.2, 0.25) is 5.88 Å². The molecule has 0 aliphatic rings. The van der Waals surface area contributed by atoms with Crippen LogP contribution in [0.15, 0.2) is 60.8 Å². The van der Waals surface area contributed by atoms with Gasteiger partial charge >= 0.3 is 6.18 Å². The lowest BCUT2D eigenvalue weighted by Gasteiger charge is -2.11. The minimum atomic E-state index is -4.64. The number of aromatic nitrogens is 2. The average Bonchev–Trinajstić information content (AvgIpc) is 2.68. The van der Waals surface area contributed by atoms with Crippen molar-refractivity contribution in [1.82, 2.24) is 9.97 Å². The van der Waals surface area contributed by atoms with Gasteiger partial charge in [-0.15, -0.1) is 12.4 Å². The van der Waals surface area contributed by atoms with Gasteiger partial charge in [-0.05, 0) is 29.8 Å². The standard InChI is InChI=1S/C19H15F3N4O2.ClH/c20-19(21,22)16-8-12(11-23)9-17(26-16)28-14-6-7-24-15(10-14)18(27)25-13-4-2-1-3-5-13;/h1-10H,11,23H2,(H,25,27);1H. The van der Waals surface area contributed by atoms with E-state index in [2.05, 4.69) is 15.3 Å². The van der Waals surface area contributed by atoms with E-state index in [-0.39, 0.29) is 41.8 Å². The largest absolute Gasteiger partial charge is 0.439 e. The van der Waals surface area contributed by atoms with Crippen LogP contribution < -0.4 is 15.8 Å². The maximum atomic E-state index is 13.0. The number of rotatable bonds is 5. The predicted molar refractivity (Wildman–Crippen MR) is 103 cm³/mol. The Kier molecular flexibility index (Phi) is 7.13. The van der Waals surface area contributed by atoms with Gasteiger partial charge in [-0.1, -0.05) is 18.2 Å². The van der Waals surface area contributed by atoms with E-state index >= 15 is 0 Å². The van der Waals surface area contributed by atoms with Crippen LogP contribution in [0.4, 0.5) is 18.9 Å². The molecule has 2 heterocycles. The molecule has 0 saturated heterocycles. The number of halogens is 4. The van der Waals surface area contributed by atoms with Crippen LogP contribution in [-0.2, 0) is 12.7 Å². The first kappa shape index (κ1) is 22.1. The fraction of sp³-hybridized carbons (Fsp3) is 0.105. The van der Waals surface area contributed by atoms with E-state index in [1.54, 1.807) is 30.3 Å². The number of carbonyl (C=O) groups excluding carboxylic acids is 1. The molecular formula is C19H16ClF3N4O2. The van der Waals surface area contributed by atoms with Crippen LogP contribution in [0.1, 0.15) is 21.7 Å². The van der Waals surface area contributed by atoms with Crippen molar-refractivity contribution in [1.29, 1.82) is 0 Å². The number of hydrogen-bond acceptors (Lipinski definition) is 5. The summed E-state index contributed by atoms with van der Waals surface area (Å²) in [6, 6.07) is 13.6. The highest BCUT2D eigenvalue weighted by molar-refractivity contribution is 6.03. The molecule has 10 heteroatoms. The molecule has 0 spiro atoms. The molecule has 0 aliphatic heterocycles. The van der Waals surface area contributed by atoms with Gasteiger partial charge in [0, 0.05) is 30.6 Å². The first-order valence-electron chi connectivity index (χ1n) is 8.13. The molecule has 0 saturated carbocycles. The summed E-state index contributed by atoms with van der Waals surface area (Å²) in [5.41, 5.74) is 5.17. The van der Waals surface area contributed by atoms with E-state index < -0.39 is 17.8 Å². The third kappa shape index (κ3) is 5.90. The zero-order chi connectivity index (χ0) is 20.1. The maximum absolute atomic E-state index is 13.0. The molecule has 0 unspecified atom stereocenters. The second kappa shape index (κ2) is 9.35. The minimum absolute atomic E-state index is 0. The van der Waals surface area contributed by atoms with Crippen LogP contribution in [-0.4, -0.2) is 15.9 Å². The van der Waals surface area contributed by atoms with E-state index in [9.17, 15) is 18.0 Å². The summed E-state index contributed by atoms with van der Waals surface area (Å²) in [7, 11) is 0. The van der Waals surface area contributed by atoms with Crippen molar-refractivity contribution in [2.75, 3.05) is 5.32 Å². The van der Waals surface area contributed by atoms with Crippen molar-refractivity contribution in [2.24, 2.45) is 5.73 Å². The molecule has 1 amide bonds. The molecule has 29 heavy (non-hydrogen) atoms. The van der Waals surface area contributed by atoms with Gasteiger partial charge in [-0.25, -0.2) is 4.98 Å². The number of nitrogens with two attached hydrogens (primary N) is 1. The smallest absolute Gasteiger partial charge is 0.433 e. The van der Waals surface area contributed by atoms with Crippen molar-refractivity contribution in [3.63, 3.8) is 0 Å². The molecule has 0 radical (unpaired) electrons. The number of anilines is 1. The molecule has 3 aromatic rings. The van der Waals surface area contributed by atoms with Crippen molar-refractivity contribution in [3.05, 3.63) is 77.7 Å². The molecule has 1 aromatic carbocycles. The summed E-state index contributed by atoms with van der Waals surface area (Å²) >= 11 is 0. The first-order chi connectivity index (χ1) is 13.3. The minimum Gasteiger partial charge on any atom is -0.439 e. The van der Waals surface area contributed by atoms with E-state index in [0.717, 1.165) is 6.07 Å². The molecule has 2 aromatic heterocycles. The normalized spacial score (nSPS) is 10.8. The predicted octanol–water partition coefficient (Wildman–Crippen LogP) is 4.42. The summed E-state index contributed by atoms with van der Waals surface area (Å²) in [6.45, 7) is -0.108. The molecule has 0 aliphatic carbocycles. The summed E-state index contributed by atoms with van der Waals surface area (Å²) in [5, 5.41) is 2.66. The van der Waals surface area contributed by atoms with Crippen LogP contribution in [0, 0.1) is 0 Å². The molecule has 0 atom stereocenters. The zero-order valence-electron chi connectivity index (χ0n) is 14.8. The van der Waals surface area contributed by atoms with Crippen molar-refractivity contribution < 1.29 is 22.7 Å². The van der Waals surface area contributed by atoms with Crippen molar-refractivity contribution in [3.8, 4) is 11.6 Å². The van der Waals surface area contributed by atoms with E-state index in [0.29, 0.717) is 5.69 Å². The van der Waals surface area contributed by atoms with Gasteiger partial charge < -0.3 is 15.8 Å². The van der Waals surface area contributed by atoms with Gasteiger partial charge in [0.1, 0.15) is 17.1 Å². The monoisotopic (exact) mass is 424 g/mol. The number of alkyl halides is 3. The molecule has 0 fully saturated rings. The highest BCUT2D eigenvalue weighted by Gasteiger charge is 2.33. The Balaban J connectivity index is 0.00000300. The second-order valence-electron chi connectivity index (χ2n) is 5.70. The molecule has 6 nitrogen and oxygen atoms in total.